The molecule has 0 aliphatic rings. The van der Waals surface area contributed by atoms with Crippen molar-refractivity contribution >= 4 is 23.2 Å². The molecule has 0 fully saturated rings. The van der Waals surface area contributed by atoms with Gasteiger partial charge in [-0.05, 0) is 33.0 Å². The van der Waals surface area contributed by atoms with E-state index in [0.29, 0.717) is 18.3 Å². The maximum atomic E-state index is 11.1. The Morgan fingerprint density at radius 2 is 1.83 bits per heavy atom. The number of carbonyl (C=O) groups excluding carboxylic acids is 1. The van der Waals surface area contributed by atoms with Gasteiger partial charge in [0.05, 0.1) is 13.2 Å². The van der Waals surface area contributed by atoms with Gasteiger partial charge in [0, 0.05) is 0 Å². The second-order valence-electron chi connectivity index (χ2n) is 2.23. The maximum Gasteiger partial charge on any atom is 0.317 e. The van der Waals surface area contributed by atoms with Crippen LogP contribution in [0.1, 0.15) is 20.8 Å². The van der Waals surface area contributed by atoms with Crippen molar-refractivity contribution in [1.82, 2.24) is 0 Å². The molecular formula is C8H14O3S. The molecule has 3 nitrogen and oxygen atoms in total. The third-order valence-corrected chi connectivity index (χ3v) is 1.75. The van der Waals surface area contributed by atoms with Crippen LogP contribution in [0.15, 0.2) is 0 Å². The summed E-state index contributed by atoms with van der Waals surface area (Å²) in [5, 5.41) is 0.302. The van der Waals surface area contributed by atoms with Crippen molar-refractivity contribution in [2.75, 3.05) is 13.2 Å². The zero-order valence-corrected chi connectivity index (χ0v) is 8.44. The molecule has 0 bridgehead atoms. The summed E-state index contributed by atoms with van der Waals surface area (Å²) in [6.07, 6.45) is 0. The highest BCUT2D eigenvalue weighted by molar-refractivity contribution is 7.80. The summed E-state index contributed by atoms with van der Waals surface area (Å²) in [6.45, 7) is 6.12. The molecular weight excluding hydrogens is 176 g/mol. The highest BCUT2D eigenvalue weighted by Crippen LogP contribution is 2.03. The molecule has 0 saturated carbocycles. The molecule has 0 aromatic carbocycles. The lowest BCUT2D eigenvalue weighted by Crippen LogP contribution is -2.23. The van der Waals surface area contributed by atoms with Gasteiger partial charge in [0.15, 0.2) is 5.05 Å². The van der Waals surface area contributed by atoms with Gasteiger partial charge in [-0.15, -0.1) is 0 Å². The number of esters is 1. The number of carbonyl (C=O) groups is 1. The monoisotopic (exact) mass is 190 g/mol. The molecule has 0 amide bonds. The SMILES string of the molecule is CCOC(=O)C(C)C(=S)OCC. The minimum absolute atomic E-state index is 0.302. The van der Waals surface area contributed by atoms with E-state index in [-0.39, 0.29) is 5.97 Å². The van der Waals surface area contributed by atoms with E-state index >= 15 is 0 Å². The average Bonchev–Trinajstić information content (AvgIpc) is 2.04. The van der Waals surface area contributed by atoms with E-state index in [0.717, 1.165) is 0 Å². The Bertz CT molecular complexity index is 150. The fourth-order valence-corrected chi connectivity index (χ4v) is 0.845. The first-order valence-electron chi connectivity index (χ1n) is 3.96. The Hall–Kier alpha value is -0.640. The van der Waals surface area contributed by atoms with E-state index in [4.69, 9.17) is 21.7 Å². The van der Waals surface area contributed by atoms with E-state index in [1.54, 1.807) is 13.8 Å². The van der Waals surface area contributed by atoms with Crippen LogP contribution in [0.3, 0.4) is 0 Å². The van der Waals surface area contributed by atoms with Crippen molar-refractivity contribution in [2.45, 2.75) is 20.8 Å². The largest absolute Gasteiger partial charge is 0.486 e. The normalized spacial score (nSPS) is 11.9. The fourth-order valence-electron chi connectivity index (χ4n) is 0.631. The standard InChI is InChI=1S/C8H14O3S/c1-4-10-7(9)6(3)8(12)11-5-2/h6H,4-5H2,1-3H3. The molecule has 0 heterocycles. The van der Waals surface area contributed by atoms with Crippen molar-refractivity contribution in [3.8, 4) is 0 Å². The molecule has 0 rings (SSSR count). The van der Waals surface area contributed by atoms with Gasteiger partial charge < -0.3 is 9.47 Å². The van der Waals surface area contributed by atoms with Crippen molar-refractivity contribution in [1.29, 1.82) is 0 Å². The Kier molecular flexibility index (Phi) is 5.62. The summed E-state index contributed by atoms with van der Waals surface area (Å²) in [5.41, 5.74) is 0. The first-order chi connectivity index (χ1) is 5.63. The molecule has 0 aliphatic heterocycles. The topological polar surface area (TPSA) is 35.5 Å². The number of ether oxygens (including phenoxy) is 2. The van der Waals surface area contributed by atoms with E-state index in [1.165, 1.54) is 0 Å². The van der Waals surface area contributed by atoms with E-state index in [2.05, 4.69) is 0 Å². The molecule has 4 heteroatoms. The summed E-state index contributed by atoms with van der Waals surface area (Å²) in [5.74, 6) is -0.768. The highest BCUT2D eigenvalue weighted by atomic mass is 32.1. The second-order valence-corrected chi connectivity index (χ2v) is 2.63. The van der Waals surface area contributed by atoms with E-state index in [1.807, 2.05) is 6.92 Å². The van der Waals surface area contributed by atoms with Crippen molar-refractivity contribution in [3.63, 3.8) is 0 Å². The first kappa shape index (κ1) is 11.4. The minimum atomic E-state index is -0.445. The number of rotatable bonds is 4. The van der Waals surface area contributed by atoms with Crippen LogP contribution < -0.4 is 0 Å². The zero-order chi connectivity index (χ0) is 9.56. The Labute approximate surface area is 78.0 Å². The molecule has 0 spiro atoms. The van der Waals surface area contributed by atoms with Crippen molar-refractivity contribution in [3.05, 3.63) is 0 Å². The molecule has 0 N–H and O–H groups in total. The Morgan fingerprint density at radius 3 is 2.25 bits per heavy atom. The number of thiocarbonyl (C=S) groups is 1. The van der Waals surface area contributed by atoms with Gasteiger partial charge in [-0.1, -0.05) is 0 Å². The molecule has 0 radical (unpaired) electrons. The van der Waals surface area contributed by atoms with E-state index in [9.17, 15) is 4.79 Å². The van der Waals surface area contributed by atoms with Crippen LogP contribution in [-0.4, -0.2) is 24.2 Å². The third-order valence-electron chi connectivity index (χ3n) is 1.28. The van der Waals surface area contributed by atoms with Crippen LogP contribution in [-0.2, 0) is 14.3 Å². The van der Waals surface area contributed by atoms with Crippen LogP contribution in [0.5, 0.6) is 0 Å². The van der Waals surface area contributed by atoms with E-state index < -0.39 is 5.92 Å². The second kappa shape index (κ2) is 5.94. The van der Waals surface area contributed by atoms with Crippen LogP contribution >= 0.6 is 12.2 Å². The number of hydrogen-bond acceptors (Lipinski definition) is 4. The summed E-state index contributed by atoms with van der Waals surface area (Å²) in [6, 6.07) is 0. The van der Waals surface area contributed by atoms with Crippen LogP contribution in [0.4, 0.5) is 0 Å². The zero-order valence-electron chi connectivity index (χ0n) is 7.62. The highest BCUT2D eigenvalue weighted by Gasteiger charge is 2.19. The van der Waals surface area contributed by atoms with Gasteiger partial charge in [-0.25, -0.2) is 0 Å². The third kappa shape index (κ3) is 3.67. The molecule has 1 atom stereocenters. The van der Waals surface area contributed by atoms with Crippen molar-refractivity contribution in [2.24, 2.45) is 5.92 Å². The van der Waals surface area contributed by atoms with Gasteiger partial charge in [0.2, 0.25) is 0 Å². The van der Waals surface area contributed by atoms with Crippen LogP contribution in [0.25, 0.3) is 0 Å². The first-order valence-corrected chi connectivity index (χ1v) is 4.37. The average molecular weight is 190 g/mol. The van der Waals surface area contributed by atoms with Crippen LogP contribution in [0.2, 0.25) is 0 Å². The number of hydrogen-bond donors (Lipinski definition) is 0. The lowest BCUT2D eigenvalue weighted by atomic mass is 10.2. The summed E-state index contributed by atoms with van der Waals surface area (Å²) in [7, 11) is 0. The minimum Gasteiger partial charge on any atom is -0.486 e. The van der Waals surface area contributed by atoms with Crippen molar-refractivity contribution < 1.29 is 14.3 Å². The molecule has 0 aromatic rings. The molecule has 0 aliphatic carbocycles. The molecule has 12 heavy (non-hydrogen) atoms. The van der Waals surface area contributed by atoms with Gasteiger partial charge in [-0.2, -0.15) is 0 Å². The van der Waals surface area contributed by atoms with Gasteiger partial charge >= 0.3 is 5.97 Å². The lowest BCUT2D eigenvalue weighted by molar-refractivity contribution is -0.145. The summed E-state index contributed by atoms with van der Waals surface area (Å²) in [4.78, 5) is 11.1. The summed E-state index contributed by atoms with van der Waals surface area (Å²) >= 11 is 4.84. The lowest BCUT2D eigenvalue weighted by Gasteiger charge is -2.11. The predicted molar refractivity (Wildman–Crippen MR) is 50.0 cm³/mol. The van der Waals surface area contributed by atoms with Gasteiger partial charge in [-0.3, -0.25) is 4.79 Å². The Morgan fingerprint density at radius 1 is 1.33 bits per heavy atom. The molecule has 1 unspecified atom stereocenters. The fraction of sp³-hybridized carbons (Fsp3) is 0.750. The quantitative estimate of drug-likeness (QED) is 0.497. The Balaban J connectivity index is 3.91. The molecule has 70 valence electrons. The van der Waals surface area contributed by atoms with Gasteiger partial charge in [0.25, 0.3) is 0 Å². The maximum absolute atomic E-state index is 11.1. The smallest absolute Gasteiger partial charge is 0.317 e. The summed E-state index contributed by atoms with van der Waals surface area (Å²) < 4.78 is 9.77. The van der Waals surface area contributed by atoms with Crippen LogP contribution in [0, 0.1) is 5.92 Å². The van der Waals surface area contributed by atoms with Gasteiger partial charge in [0.1, 0.15) is 5.92 Å². The predicted octanol–water partition coefficient (Wildman–Crippen LogP) is 1.55. The molecule has 0 saturated heterocycles. The molecule has 0 aromatic heterocycles.